The minimum absolute atomic E-state index is 0.0233. The van der Waals surface area contributed by atoms with Gasteiger partial charge in [0.1, 0.15) is 5.82 Å². The third-order valence-corrected chi connectivity index (χ3v) is 4.87. The van der Waals surface area contributed by atoms with Gasteiger partial charge in [-0.15, -0.1) is 11.8 Å². The first-order valence-corrected chi connectivity index (χ1v) is 8.98. The summed E-state index contributed by atoms with van der Waals surface area (Å²) in [5.74, 6) is 0.00929. The highest BCUT2D eigenvalue weighted by Crippen LogP contribution is 2.27. The van der Waals surface area contributed by atoms with E-state index in [1.807, 2.05) is 49.6 Å². The van der Waals surface area contributed by atoms with Gasteiger partial charge in [-0.05, 0) is 49.1 Å². The molecule has 6 heteroatoms. The number of thioether (sulfide) groups is 1. The van der Waals surface area contributed by atoms with Gasteiger partial charge in [0.2, 0.25) is 11.8 Å². The Morgan fingerprint density at radius 3 is 2.71 bits per heavy atom. The second kappa shape index (κ2) is 7.05. The standard InChI is InChI=1S/C18H19N3O2S/c1-12-4-3-9-19-17(12)20-18(23)13-10-16(22)21(11-13)14-5-7-15(24-2)8-6-14/h3-9,13H,10-11H2,1-2H3,(H,19,20,23). The Labute approximate surface area is 145 Å². The van der Waals surface area contributed by atoms with Crippen molar-refractivity contribution in [2.24, 2.45) is 5.92 Å². The average Bonchev–Trinajstić information content (AvgIpc) is 2.99. The molecule has 2 amide bonds. The van der Waals surface area contributed by atoms with Crippen molar-refractivity contribution >= 4 is 35.1 Å². The van der Waals surface area contributed by atoms with E-state index in [4.69, 9.17) is 0 Å². The summed E-state index contributed by atoms with van der Waals surface area (Å²) in [6.07, 6.45) is 3.87. The number of nitrogens with one attached hydrogen (secondary N) is 1. The van der Waals surface area contributed by atoms with E-state index in [0.29, 0.717) is 12.4 Å². The predicted molar refractivity (Wildman–Crippen MR) is 96.3 cm³/mol. The van der Waals surface area contributed by atoms with Crippen molar-refractivity contribution in [1.29, 1.82) is 0 Å². The molecular weight excluding hydrogens is 322 g/mol. The summed E-state index contributed by atoms with van der Waals surface area (Å²) in [7, 11) is 0. The average molecular weight is 341 g/mol. The first-order valence-electron chi connectivity index (χ1n) is 7.75. The number of carbonyl (C=O) groups excluding carboxylic acids is 2. The zero-order chi connectivity index (χ0) is 17.1. The summed E-state index contributed by atoms with van der Waals surface area (Å²) in [6.45, 7) is 2.29. The monoisotopic (exact) mass is 341 g/mol. The van der Waals surface area contributed by atoms with Gasteiger partial charge in [0.15, 0.2) is 0 Å². The fourth-order valence-corrected chi connectivity index (χ4v) is 3.14. The van der Waals surface area contributed by atoms with E-state index in [1.54, 1.807) is 22.9 Å². The maximum Gasteiger partial charge on any atom is 0.230 e. The molecule has 0 radical (unpaired) electrons. The summed E-state index contributed by atoms with van der Waals surface area (Å²) < 4.78 is 0. The van der Waals surface area contributed by atoms with Crippen molar-refractivity contribution in [3.8, 4) is 0 Å². The van der Waals surface area contributed by atoms with E-state index in [9.17, 15) is 9.59 Å². The Morgan fingerprint density at radius 2 is 2.04 bits per heavy atom. The lowest BCUT2D eigenvalue weighted by molar-refractivity contribution is -0.122. The van der Waals surface area contributed by atoms with Crippen molar-refractivity contribution in [3.63, 3.8) is 0 Å². The second-order valence-corrected chi connectivity index (χ2v) is 6.64. The predicted octanol–water partition coefficient (Wildman–Crippen LogP) is 3.10. The molecule has 5 nitrogen and oxygen atoms in total. The Kier molecular flexibility index (Phi) is 4.85. The van der Waals surface area contributed by atoms with Crippen LogP contribution >= 0.6 is 11.8 Å². The molecule has 124 valence electrons. The smallest absolute Gasteiger partial charge is 0.230 e. The van der Waals surface area contributed by atoms with Gasteiger partial charge in [0.25, 0.3) is 0 Å². The SMILES string of the molecule is CSc1ccc(N2CC(C(=O)Nc3ncccc3C)CC2=O)cc1. The first-order chi connectivity index (χ1) is 11.6. The maximum atomic E-state index is 12.5. The van der Waals surface area contributed by atoms with Gasteiger partial charge in [0.05, 0.1) is 5.92 Å². The second-order valence-electron chi connectivity index (χ2n) is 5.76. The van der Waals surface area contributed by atoms with Crippen LogP contribution in [0.2, 0.25) is 0 Å². The number of nitrogens with zero attached hydrogens (tertiary/aromatic N) is 2. The van der Waals surface area contributed by atoms with Crippen LogP contribution in [0.4, 0.5) is 11.5 Å². The van der Waals surface area contributed by atoms with Gasteiger partial charge >= 0.3 is 0 Å². The van der Waals surface area contributed by atoms with Crippen LogP contribution in [0.15, 0.2) is 47.5 Å². The van der Waals surface area contributed by atoms with Gasteiger partial charge < -0.3 is 10.2 Å². The van der Waals surface area contributed by atoms with Crippen molar-refractivity contribution < 1.29 is 9.59 Å². The van der Waals surface area contributed by atoms with Crippen molar-refractivity contribution in [1.82, 2.24) is 4.98 Å². The van der Waals surface area contributed by atoms with Crippen LogP contribution in [0.1, 0.15) is 12.0 Å². The van der Waals surface area contributed by atoms with Crippen LogP contribution in [0.3, 0.4) is 0 Å². The highest BCUT2D eigenvalue weighted by molar-refractivity contribution is 7.98. The van der Waals surface area contributed by atoms with E-state index >= 15 is 0 Å². The topological polar surface area (TPSA) is 62.3 Å². The zero-order valence-corrected chi connectivity index (χ0v) is 14.5. The quantitative estimate of drug-likeness (QED) is 0.868. The van der Waals surface area contributed by atoms with E-state index in [-0.39, 0.29) is 24.2 Å². The molecular formula is C18H19N3O2S. The first kappa shape index (κ1) is 16.5. The number of carbonyl (C=O) groups is 2. The molecule has 0 saturated carbocycles. The van der Waals surface area contributed by atoms with E-state index in [0.717, 1.165) is 16.1 Å². The van der Waals surface area contributed by atoms with Crippen LogP contribution in [0, 0.1) is 12.8 Å². The number of pyridine rings is 1. The van der Waals surface area contributed by atoms with Gasteiger partial charge in [-0.25, -0.2) is 4.98 Å². The molecule has 24 heavy (non-hydrogen) atoms. The van der Waals surface area contributed by atoms with Gasteiger partial charge in [-0.3, -0.25) is 9.59 Å². The van der Waals surface area contributed by atoms with Crippen LogP contribution in [-0.4, -0.2) is 29.6 Å². The molecule has 0 aliphatic carbocycles. The summed E-state index contributed by atoms with van der Waals surface area (Å²) in [6, 6.07) is 11.5. The third-order valence-electron chi connectivity index (χ3n) is 4.13. The van der Waals surface area contributed by atoms with Crippen LogP contribution in [-0.2, 0) is 9.59 Å². The molecule has 1 aromatic heterocycles. The fraction of sp³-hybridized carbons (Fsp3) is 0.278. The lowest BCUT2D eigenvalue weighted by Gasteiger charge is -2.17. The zero-order valence-electron chi connectivity index (χ0n) is 13.7. The minimum atomic E-state index is -0.362. The number of rotatable bonds is 4. The molecule has 1 atom stereocenters. The lowest BCUT2D eigenvalue weighted by Crippen LogP contribution is -2.28. The van der Waals surface area contributed by atoms with Crippen molar-refractivity contribution in [2.45, 2.75) is 18.2 Å². The number of hydrogen-bond donors (Lipinski definition) is 1. The lowest BCUT2D eigenvalue weighted by atomic mass is 10.1. The molecule has 1 aliphatic rings. The molecule has 1 fully saturated rings. The Bertz CT molecular complexity index is 761. The summed E-state index contributed by atoms with van der Waals surface area (Å²) in [5.41, 5.74) is 1.74. The van der Waals surface area contributed by atoms with Gasteiger partial charge in [-0.1, -0.05) is 6.07 Å². The fourth-order valence-electron chi connectivity index (χ4n) is 2.73. The van der Waals surface area contributed by atoms with Crippen LogP contribution in [0.5, 0.6) is 0 Å². The Balaban J connectivity index is 1.69. The summed E-state index contributed by atoms with van der Waals surface area (Å²) >= 11 is 1.65. The molecule has 1 saturated heterocycles. The number of amides is 2. The molecule has 3 rings (SSSR count). The molecule has 1 aromatic carbocycles. The molecule has 1 N–H and O–H groups in total. The van der Waals surface area contributed by atoms with Crippen LogP contribution < -0.4 is 10.2 Å². The molecule has 2 aromatic rings. The molecule has 0 bridgehead atoms. The highest BCUT2D eigenvalue weighted by atomic mass is 32.2. The normalized spacial score (nSPS) is 17.2. The molecule has 1 aliphatic heterocycles. The molecule has 1 unspecified atom stereocenters. The minimum Gasteiger partial charge on any atom is -0.312 e. The van der Waals surface area contributed by atoms with E-state index < -0.39 is 0 Å². The number of hydrogen-bond acceptors (Lipinski definition) is 4. The summed E-state index contributed by atoms with van der Waals surface area (Å²) in [5, 5.41) is 2.83. The summed E-state index contributed by atoms with van der Waals surface area (Å²) in [4.78, 5) is 31.7. The molecule has 0 spiro atoms. The van der Waals surface area contributed by atoms with Gasteiger partial charge in [0, 0.05) is 29.7 Å². The number of aromatic nitrogens is 1. The Hall–Kier alpha value is -2.34. The largest absolute Gasteiger partial charge is 0.312 e. The third kappa shape index (κ3) is 3.43. The highest BCUT2D eigenvalue weighted by Gasteiger charge is 2.35. The Morgan fingerprint density at radius 1 is 1.29 bits per heavy atom. The maximum absolute atomic E-state index is 12.5. The van der Waals surface area contributed by atoms with E-state index in [2.05, 4.69) is 10.3 Å². The van der Waals surface area contributed by atoms with E-state index in [1.165, 1.54) is 0 Å². The number of benzene rings is 1. The van der Waals surface area contributed by atoms with Crippen molar-refractivity contribution in [3.05, 3.63) is 48.2 Å². The van der Waals surface area contributed by atoms with Gasteiger partial charge in [-0.2, -0.15) is 0 Å². The molecule has 2 heterocycles. The number of anilines is 2. The van der Waals surface area contributed by atoms with Crippen LogP contribution in [0.25, 0.3) is 0 Å². The number of aryl methyl sites for hydroxylation is 1. The van der Waals surface area contributed by atoms with Crippen molar-refractivity contribution in [2.75, 3.05) is 23.0 Å².